The van der Waals surface area contributed by atoms with E-state index >= 15 is 0 Å². The van der Waals surface area contributed by atoms with Gasteiger partial charge in [0.15, 0.2) is 5.17 Å². The first-order chi connectivity index (χ1) is 17.5. The van der Waals surface area contributed by atoms with Crippen molar-refractivity contribution in [1.29, 1.82) is 0 Å². The van der Waals surface area contributed by atoms with Gasteiger partial charge < -0.3 is 10.0 Å². The van der Waals surface area contributed by atoms with Crippen molar-refractivity contribution in [2.75, 3.05) is 6.54 Å². The van der Waals surface area contributed by atoms with E-state index in [2.05, 4.69) is 10.1 Å². The lowest BCUT2D eigenvalue weighted by atomic mass is 10.1. The van der Waals surface area contributed by atoms with Crippen LogP contribution in [0, 0.1) is 0 Å². The van der Waals surface area contributed by atoms with Crippen molar-refractivity contribution in [3.05, 3.63) is 69.2 Å². The van der Waals surface area contributed by atoms with Gasteiger partial charge >= 0.3 is 12.1 Å². The van der Waals surface area contributed by atoms with E-state index in [0.717, 1.165) is 17.8 Å². The van der Waals surface area contributed by atoms with Crippen LogP contribution in [0.5, 0.6) is 0 Å². The van der Waals surface area contributed by atoms with Crippen molar-refractivity contribution >= 4 is 57.4 Å². The fourth-order valence-electron chi connectivity index (χ4n) is 4.34. The van der Waals surface area contributed by atoms with Gasteiger partial charge in [-0.1, -0.05) is 23.7 Å². The Balaban J connectivity index is 1.37. The molecule has 2 aromatic carbocycles. The largest absolute Gasteiger partial charge is 0.480 e. The number of hydrogen-bond acceptors (Lipinski definition) is 5. The number of nitrogens with zero attached hydrogens (tertiary/aromatic N) is 4. The summed E-state index contributed by atoms with van der Waals surface area (Å²) in [5.74, 6) is -1.75. The highest BCUT2D eigenvalue weighted by atomic mass is 35.5. The second kappa shape index (κ2) is 9.49. The molecule has 1 amide bonds. The zero-order valence-corrected chi connectivity index (χ0v) is 20.3. The van der Waals surface area contributed by atoms with Gasteiger partial charge in [-0.2, -0.15) is 23.3 Å². The topological polar surface area (TPSA) is 87.8 Å². The number of likely N-dealkylation sites (tertiary alicyclic amines) is 1. The molecule has 2 aliphatic heterocycles. The Hall–Kier alpha value is -3.38. The Labute approximate surface area is 216 Å². The van der Waals surface area contributed by atoms with Crippen molar-refractivity contribution in [2.45, 2.75) is 31.4 Å². The van der Waals surface area contributed by atoms with Crippen molar-refractivity contribution in [1.82, 2.24) is 14.7 Å². The van der Waals surface area contributed by atoms with E-state index in [1.165, 1.54) is 27.9 Å². The summed E-state index contributed by atoms with van der Waals surface area (Å²) in [5, 5.41) is 14.3. The number of thioether (sulfide) groups is 1. The van der Waals surface area contributed by atoms with Crippen LogP contribution < -0.4 is 0 Å². The predicted octanol–water partition coefficient (Wildman–Crippen LogP) is 5.22. The fourth-order valence-corrected chi connectivity index (χ4v) is 5.48. The first-order valence-electron chi connectivity index (χ1n) is 11.0. The van der Waals surface area contributed by atoms with Gasteiger partial charge in [-0.25, -0.2) is 9.18 Å². The van der Waals surface area contributed by atoms with Gasteiger partial charge in [0.2, 0.25) is 0 Å². The lowest BCUT2D eigenvalue weighted by Gasteiger charge is -2.21. The molecule has 0 aliphatic carbocycles. The molecule has 37 heavy (non-hydrogen) atoms. The molecule has 1 saturated heterocycles. The van der Waals surface area contributed by atoms with Gasteiger partial charge in [0.1, 0.15) is 12.2 Å². The molecule has 5 rings (SSSR count). The van der Waals surface area contributed by atoms with Crippen LogP contribution in [0.4, 0.5) is 17.6 Å². The van der Waals surface area contributed by atoms with Gasteiger partial charge in [-0.3, -0.25) is 9.48 Å². The van der Waals surface area contributed by atoms with Crippen molar-refractivity contribution < 1.29 is 32.3 Å². The van der Waals surface area contributed by atoms with Gasteiger partial charge in [0.25, 0.3) is 5.91 Å². The molecule has 0 saturated carbocycles. The van der Waals surface area contributed by atoms with Crippen LogP contribution in [-0.2, 0) is 22.3 Å². The Morgan fingerprint density at radius 1 is 1.24 bits per heavy atom. The molecule has 1 aromatic heterocycles. The van der Waals surface area contributed by atoms with Crippen LogP contribution in [0.15, 0.2) is 52.5 Å². The highest BCUT2D eigenvalue weighted by Crippen LogP contribution is 2.36. The summed E-state index contributed by atoms with van der Waals surface area (Å²) < 4.78 is 55.7. The van der Waals surface area contributed by atoms with Gasteiger partial charge in [0.05, 0.1) is 35.3 Å². The third-order valence-electron chi connectivity index (χ3n) is 6.05. The van der Waals surface area contributed by atoms with E-state index in [-0.39, 0.29) is 40.2 Å². The first kappa shape index (κ1) is 25.3. The normalized spacial score (nSPS) is 21.3. The van der Waals surface area contributed by atoms with Crippen molar-refractivity contribution in [3.63, 3.8) is 0 Å². The Morgan fingerprint density at radius 3 is 2.76 bits per heavy atom. The molecule has 1 fully saturated rings. The molecule has 1 N–H and O–H groups in total. The lowest BCUT2D eigenvalue weighted by Crippen LogP contribution is -2.38. The summed E-state index contributed by atoms with van der Waals surface area (Å²) in [5.41, 5.74) is 0.381. The number of amides is 1. The maximum Gasteiger partial charge on any atom is 0.416 e. The van der Waals surface area contributed by atoms with E-state index in [0.29, 0.717) is 16.5 Å². The monoisotopic (exact) mass is 552 g/mol. The number of benzene rings is 2. The van der Waals surface area contributed by atoms with Crippen molar-refractivity contribution in [3.8, 4) is 0 Å². The molecule has 0 unspecified atom stereocenters. The Bertz CT molecular complexity index is 1490. The van der Waals surface area contributed by atoms with Crippen LogP contribution in [0.3, 0.4) is 0 Å². The molecular weight excluding hydrogens is 536 g/mol. The molecule has 0 spiro atoms. The second-order valence-electron chi connectivity index (χ2n) is 8.57. The van der Waals surface area contributed by atoms with E-state index < -0.39 is 35.8 Å². The van der Waals surface area contributed by atoms with Crippen molar-refractivity contribution in [2.24, 2.45) is 4.99 Å². The number of carbonyl (C=O) groups excluding carboxylic acids is 1. The zero-order chi connectivity index (χ0) is 26.5. The molecule has 13 heteroatoms. The number of aliphatic imine (C=N–C) groups is 1. The molecule has 7 nitrogen and oxygen atoms in total. The highest BCUT2D eigenvalue weighted by Gasteiger charge is 2.41. The molecule has 192 valence electrons. The van der Waals surface area contributed by atoms with Gasteiger partial charge in [-0.15, -0.1) is 0 Å². The Morgan fingerprint density at radius 2 is 2.03 bits per heavy atom. The molecule has 0 radical (unpaired) electrons. The van der Waals surface area contributed by atoms with E-state index in [1.807, 2.05) is 0 Å². The maximum absolute atomic E-state index is 13.8. The zero-order valence-electron chi connectivity index (χ0n) is 18.7. The minimum Gasteiger partial charge on any atom is -0.480 e. The standard InChI is InChI=1S/C24H17ClF4N4O3S/c25-15-3-2-13(17(7-15)24(27,28)29)10-33-18-4-1-12(5-14(18)9-30-33)6-20-21(34)31-23(37-20)32-11-16(26)8-19(32)22(35)36/h1-7,9,16,19H,8,10-11H2,(H,35,36)/t16-,19-/m0/s1. The number of fused-ring (bicyclic) bond motifs is 1. The highest BCUT2D eigenvalue weighted by molar-refractivity contribution is 8.18. The molecule has 2 atom stereocenters. The number of aliphatic carboxylic acids is 1. The summed E-state index contributed by atoms with van der Waals surface area (Å²) in [6.45, 7) is -0.282. The minimum atomic E-state index is -4.57. The number of hydrogen-bond donors (Lipinski definition) is 1. The number of amidine groups is 1. The molecule has 3 heterocycles. The quantitative estimate of drug-likeness (QED) is 0.352. The number of alkyl halides is 4. The molecule has 2 aliphatic rings. The number of carboxylic acid groups (broad SMARTS) is 1. The Kier molecular flexibility index (Phi) is 6.48. The SMILES string of the molecule is O=C1N=C(N2C[C@@H](F)C[C@H]2C(=O)O)SC1=Cc1ccc2c(cnn2Cc2ccc(Cl)cc2C(F)(F)F)c1. The molecule has 3 aromatic rings. The minimum absolute atomic E-state index is 0.0155. The smallest absolute Gasteiger partial charge is 0.416 e. The maximum atomic E-state index is 13.8. The average molecular weight is 553 g/mol. The van der Waals surface area contributed by atoms with Crippen LogP contribution in [0.25, 0.3) is 17.0 Å². The molecular formula is C24H17ClF4N4O3S. The molecule has 0 bridgehead atoms. The number of carboxylic acids is 1. The van der Waals surface area contributed by atoms with Crippen LogP contribution in [0.1, 0.15) is 23.1 Å². The van der Waals surface area contributed by atoms with Crippen LogP contribution in [-0.4, -0.2) is 55.6 Å². The third-order valence-corrected chi connectivity index (χ3v) is 7.31. The predicted molar refractivity (Wildman–Crippen MR) is 131 cm³/mol. The number of halogens is 5. The summed E-state index contributed by atoms with van der Waals surface area (Å²) in [6, 6.07) is 7.58. The summed E-state index contributed by atoms with van der Waals surface area (Å²) in [4.78, 5) is 29.3. The third kappa shape index (κ3) is 5.08. The van der Waals surface area contributed by atoms with Crippen LogP contribution in [0.2, 0.25) is 5.02 Å². The lowest BCUT2D eigenvalue weighted by molar-refractivity contribution is -0.141. The average Bonchev–Trinajstić information content (AvgIpc) is 3.51. The van der Waals surface area contributed by atoms with E-state index in [1.54, 1.807) is 24.3 Å². The first-order valence-corrected chi connectivity index (χ1v) is 12.2. The van der Waals surface area contributed by atoms with E-state index in [4.69, 9.17) is 11.6 Å². The summed E-state index contributed by atoms with van der Waals surface area (Å²) >= 11 is 6.73. The number of carbonyl (C=O) groups is 2. The van der Waals surface area contributed by atoms with Gasteiger partial charge in [-0.05, 0) is 53.2 Å². The van der Waals surface area contributed by atoms with Crippen LogP contribution >= 0.6 is 23.4 Å². The second-order valence-corrected chi connectivity index (χ2v) is 10.0. The summed E-state index contributed by atoms with van der Waals surface area (Å²) in [6.07, 6.45) is -3.00. The summed E-state index contributed by atoms with van der Waals surface area (Å²) in [7, 11) is 0. The van der Waals surface area contributed by atoms with E-state index in [9.17, 15) is 32.3 Å². The number of aromatic nitrogens is 2. The fraction of sp³-hybridized carbons (Fsp3) is 0.250. The van der Waals surface area contributed by atoms with Gasteiger partial charge in [0, 0.05) is 16.8 Å². The number of rotatable bonds is 4.